The van der Waals surface area contributed by atoms with Gasteiger partial charge in [0.1, 0.15) is 15.4 Å². The van der Waals surface area contributed by atoms with E-state index < -0.39 is 8.97 Å². The molecule has 11 heteroatoms. The van der Waals surface area contributed by atoms with Crippen LogP contribution >= 0.6 is 34.2 Å². The van der Waals surface area contributed by atoms with E-state index in [1.165, 1.54) is 12.1 Å². The maximum absolute atomic E-state index is 13.0. The molecule has 2 N–H and O–H groups in total. The molecule has 0 spiro atoms. The molecule has 5 rings (SSSR count). The predicted molar refractivity (Wildman–Crippen MR) is 141 cm³/mol. The first-order valence-electron chi connectivity index (χ1n) is 10.4. The van der Waals surface area contributed by atoms with Gasteiger partial charge in [0.2, 0.25) is 0 Å². The lowest BCUT2D eigenvalue weighted by Gasteiger charge is -2.33. The van der Waals surface area contributed by atoms with Crippen molar-refractivity contribution < 1.29 is 9.72 Å². The van der Waals surface area contributed by atoms with Crippen LogP contribution in [0.25, 0.3) is 11.3 Å². The summed E-state index contributed by atoms with van der Waals surface area (Å²) in [6, 6.07) is 22.1. The minimum Gasteiger partial charge on any atom is -0.277 e. The summed E-state index contributed by atoms with van der Waals surface area (Å²) in [5.74, 6) is -0.00186. The number of carbonyl (C=O) groups excluding carboxylic acids is 1. The second-order valence-electron chi connectivity index (χ2n) is 7.60. The van der Waals surface area contributed by atoms with Gasteiger partial charge in [0.25, 0.3) is 11.6 Å². The Morgan fingerprint density at radius 2 is 1.80 bits per heavy atom. The van der Waals surface area contributed by atoms with Crippen LogP contribution in [0.5, 0.6) is 0 Å². The topological polar surface area (TPSA) is 117 Å². The largest absolute Gasteiger partial charge is 0.277 e. The number of carbonyl (C=O) groups is 1. The number of H-pyrrole nitrogens is 1. The summed E-state index contributed by atoms with van der Waals surface area (Å²) >= 11 is 8.35. The Hall–Kier alpha value is -3.77. The zero-order valence-electron chi connectivity index (χ0n) is 17.9. The number of hydrogen-bond acceptors (Lipinski definition) is 6. The molecule has 0 bridgehead atoms. The highest BCUT2D eigenvalue weighted by Crippen LogP contribution is 2.43. The van der Waals surface area contributed by atoms with Crippen molar-refractivity contribution in [2.75, 3.05) is 0 Å². The van der Waals surface area contributed by atoms with Crippen molar-refractivity contribution in [3.05, 3.63) is 111 Å². The van der Waals surface area contributed by atoms with E-state index >= 15 is 0 Å². The third-order valence-electron chi connectivity index (χ3n) is 5.35. The number of aliphatic imine (C=N–C) groups is 1. The van der Waals surface area contributed by atoms with Gasteiger partial charge in [-0.3, -0.25) is 25.4 Å². The number of nitrogens with zero attached hydrogens (tertiary/aromatic N) is 4. The van der Waals surface area contributed by atoms with Crippen molar-refractivity contribution >= 4 is 57.3 Å². The zero-order chi connectivity index (χ0) is 24.5. The Kier molecular flexibility index (Phi) is 6.22. The van der Waals surface area contributed by atoms with Crippen molar-refractivity contribution in [2.24, 2.45) is 4.99 Å². The van der Waals surface area contributed by atoms with E-state index in [2.05, 4.69) is 38.2 Å². The summed E-state index contributed by atoms with van der Waals surface area (Å²) in [6.45, 7) is 0. The number of hydrazine groups is 1. The Morgan fingerprint density at radius 3 is 2.54 bits per heavy atom. The van der Waals surface area contributed by atoms with Crippen molar-refractivity contribution in [3.63, 3.8) is 0 Å². The summed E-state index contributed by atoms with van der Waals surface area (Å²) < 4.78 is -0.442. The summed E-state index contributed by atoms with van der Waals surface area (Å²) in [4.78, 5) is 28.8. The molecule has 0 aliphatic carbocycles. The molecule has 0 saturated heterocycles. The van der Waals surface area contributed by atoms with Crippen molar-refractivity contribution in [2.45, 2.75) is 4.05 Å². The first-order chi connectivity index (χ1) is 16.9. The van der Waals surface area contributed by atoms with Crippen LogP contribution in [-0.4, -0.2) is 31.9 Å². The highest BCUT2D eigenvalue weighted by Gasteiger charge is 2.34. The van der Waals surface area contributed by atoms with Gasteiger partial charge in [0, 0.05) is 33.8 Å². The number of nitro groups is 1. The monoisotopic (exact) mass is 598 g/mol. The lowest BCUT2D eigenvalue weighted by molar-refractivity contribution is -0.384. The quantitative estimate of drug-likeness (QED) is 0.0989. The molecule has 2 heterocycles. The molecule has 0 saturated carbocycles. The highest BCUT2D eigenvalue weighted by atomic mass is 127. The van der Waals surface area contributed by atoms with Gasteiger partial charge in [-0.1, -0.05) is 54.1 Å². The maximum Gasteiger partial charge on any atom is 0.270 e. The molecule has 4 aromatic rings. The van der Waals surface area contributed by atoms with E-state index in [9.17, 15) is 14.9 Å². The molecule has 0 fully saturated rings. The molecule has 1 unspecified atom stereocenters. The second kappa shape index (κ2) is 9.47. The van der Waals surface area contributed by atoms with E-state index in [0.717, 1.165) is 5.56 Å². The number of aromatic nitrogens is 2. The molecule has 35 heavy (non-hydrogen) atoms. The Morgan fingerprint density at radius 1 is 1.06 bits per heavy atom. The molecule has 1 aromatic heterocycles. The van der Waals surface area contributed by atoms with Crippen LogP contribution in [0.3, 0.4) is 0 Å². The number of hydrogen-bond donors (Lipinski definition) is 2. The SMILES string of the molecule is O=C(NN1C(c2cccc([N+](=O)[O-])c2)=Nc2c(-c3cccc(Cl)c3)n[nH]c2C1I)c1ccccc1. The number of nitro benzene ring substituents is 1. The minimum absolute atomic E-state index is 0.0856. The van der Waals surface area contributed by atoms with Crippen molar-refractivity contribution in [1.82, 2.24) is 20.6 Å². The van der Waals surface area contributed by atoms with Gasteiger partial charge >= 0.3 is 0 Å². The van der Waals surface area contributed by atoms with E-state index in [1.54, 1.807) is 53.5 Å². The number of alkyl halides is 1. The van der Waals surface area contributed by atoms with Crippen LogP contribution in [0, 0.1) is 10.1 Å². The molecule has 9 nitrogen and oxygen atoms in total. The summed E-state index contributed by atoms with van der Waals surface area (Å²) in [6.07, 6.45) is 0. The van der Waals surface area contributed by atoms with E-state index in [4.69, 9.17) is 16.6 Å². The van der Waals surface area contributed by atoms with Gasteiger partial charge in [-0.05, 0) is 46.9 Å². The third kappa shape index (κ3) is 4.49. The number of amidine groups is 1. The van der Waals surface area contributed by atoms with Gasteiger partial charge in [-0.25, -0.2) is 10.0 Å². The van der Waals surface area contributed by atoms with Crippen LogP contribution < -0.4 is 5.43 Å². The first kappa shape index (κ1) is 23.0. The van der Waals surface area contributed by atoms with Crippen molar-refractivity contribution in [1.29, 1.82) is 0 Å². The molecule has 1 aliphatic heterocycles. The number of aromatic amines is 1. The Balaban J connectivity index is 1.64. The van der Waals surface area contributed by atoms with Crippen LogP contribution in [0.1, 0.15) is 25.7 Å². The number of benzene rings is 3. The fourth-order valence-corrected chi connectivity index (χ4v) is 4.73. The lowest BCUT2D eigenvalue weighted by Crippen LogP contribution is -2.48. The van der Waals surface area contributed by atoms with E-state index in [1.807, 2.05) is 18.2 Å². The zero-order valence-corrected chi connectivity index (χ0v) is 20.8. The average Bonchev–Trinajstić information content (AvgIpc) is 3.30. The second-order valence-corrected chi connectivity index (χ2v) is 9.22. The Bertz CT molecular complexity index is 1470. The molecule has 1 aliphatic rings. The van der Waals surface area contributed by atoms with Crippen molar-refractivity contribution in [3.8, 4) is 11.3 Å². The third-order valence-corrected chi connectivity index (χ3v) is 6.76. The average molecular weight is 599 g/mol. The van der Waals surface area contributed by atoms with Gasteiger partial charge in [0.05, 0.1) is 10.6 Å². The number of non-ortho nitro benzene ring substituents is 1. The normalized spacial score (nSPS) is 14.7. The number of rotatable bonds is 5. The fourth-order valence-electron chi connectivity index (χ4n) is 3.70. The van der Waals surface area contributed by atoms with Gasteiger partial charge < -0.3 is 0 Å². The highest BCUT2D eigenvalue weighted by molar-refractivity contribution is 14.1. The molecule has 1 atom stereocenters. The molecule has 3 aromatic carbocycles. The molecule has 1 amide bonds. The summed E-state index contributed by atoms with van der Waals surface area (Å²) in [7, 11) is 0. The molecular formula is C24H16ClIN6O3. The molecular weight excluding hydrogens is 583 g/mol. The number of nitrogens with one attached hydrogen (secondary N) is 2. The van der Waals surface area contributed by atoms with E-state index in [-0.39, 0.29) is 11.6 Å². The number of amides is 1. The Labute approximate surface area is 218 Å². The van der Waals surface area contributed by atoms with E-state index in [0.29, 0.717) is 39.1 Å². The van der Waals surface area contributed by atoms with Crippen LogP contribution in [0.2, 0.25) is 5.02 Å². The molecule has 0 radical (unpaired) electrons. The summed E-state index contributed by atoms with van der Waals surface area (Å²) in [5.41, 5.74) is 6.33. The standard InChI is InChI=1S/C24H16ClIN6O3/c25-17-10-4-8-15(12-17)19-20-21(29-28-19)22(26)31(30-24(33)14-6-2-1-3-7-14)23(27-20)16-9-5-11-18(13-16)32(34)35/h1-13,22H,(H,28,29)(H,30,33). The fraction of sp³-hybridized carbons (Fsp3) is 0.0417. The first-order valence-corrected chi connectivity index (χ1v) is 12.0. The molecule has 174 valence electrons. The van der Waals surface area contributed by atoms with Gasteiger partial charge in [0.15, 0.2) is 5.84 Å². The lowest BCUT2D eigenvalue weighted by atomic mass is 10.1. The van der Waals surface area contributed by atoms with Crippen LogP contribution in [0.4, 0.5) is 11.4 Å². The maximum atomic E-state index is 13.0. The minimum atomic E-state index is -0.470. The number of fused-ring (bicyclic) bond motifs is 1. The van der Waals surface area contributed by atoms with Crippen LogP contribution in [-0.2, 0) is 0 Å². The van der Waals surface area contributed by atoms with Crippen LogP contribution in [0.15, 0.2) is 83.9 Å². The summed E-state index contributed by atoms with van der Waals surface area (Å²) in [5, 5.41) is 21.1. The number of halogens is 2. The smallest absolute Gasteiger partial charge is 0.270 e. The predicted octanol–water partition coefficient (Wildman–Crippen LogP) is 5.81. The van der Waals surface area contributed by atoms with Gasteiger partial charge in [-0.2, -0.15) is 5.10 Å². The van der Waals surface area contributed by atoms with Gasteiger partial charge in [-0.15, -0.1) is 0 Å².